The molecular weight excluding hydrogens is 168 g/mol. The highest BCUT2D eigenvalue weighted by molar-refractivity contribution is 6.05. The zero-order valence-corrected chi connectivity index (χ0v) is 7.84. The fourth-order valence-electron chi connectivity index (χ4n) is 1.89. The zero-order valence-electron chi connectivity index (χ0n) is 7.84. The lowest BCUT2D eigenvalue weighted by atomic mass is 9.82. The minimum atomic E-state index is -0.906. The lowest BCUT2D eigenvalue weighted by Crippen LogP contribution is -2.35. The number of Topliss-reactive ketones (excluding diaryl/α,β-unsaturated/α-hetero) is 1. The Labute approximate surface area is 77.8 Å². The molecule has 1 saturated carbocycles. The van der Waals surface area contributed by atoms with E-state index in [1.165, 1.54) is 7.11 Å². The SMILES string of the molecule is C=CC[C@]1(C(=O)OC)CCCC1=O. The van der Waals surface area contributed by atoms with Crippen LogP contribution in [0.25, 0.3) is 0 Å². The molecule has 1 fully saturated rings. The molecule has 1 rings (SSSR count). The second-order valence-electron chi connectivity index (χ2n) is 3.34. The van der Waals surface area contributed by atoms with Gasteiger partial charge >= 0.3 is 5.97 Å². The summed E-state index contributed by atoms with van der Waals surface area (Å²) in [4.78, 5) is 23.0. The maximum absolute atomic E-state index is 11.5. The summed E-state index contributed by atoms with van der Waals surface area (Å²) in [5, 5.41) is 0. The van der Waals surface area contributed by atoms with Gasteiger partial charge in [0.25, 0.3) is 0 Å². The van der Waals surface area contributed by atoms with Gasteiger partial charge in [-0.05, 0) is 19.3 Å². The zero-order chi connectivity index (χ0) is 9.90. The Morgan fingerprint density at radius 1 is 1.77 bits per heavy atom. The van der Waals surface area contributed by atoms with Crippen LogP contribution in [0.3, 0.4) is 0 Å². The Morgan fingerprint density at radius 3 is 2.85 bits per heavy atom. The summed E-state index contributed by atoms with van der Waals surface area (Å²) in [6.07, 6.45) is 3.88. The number of hydrogen-bond acceptors (Lipinski definition) is 3. The summed E-state index contributed by atoms with van der Waals surface area (Å²) in [6, 6.07) is 0. The van der Waals surface area contributed by atoms with Crippen molar-refractivity contribution in [3.8, 4) is 0 Å². The van der Waals surface area contributed by atoms with Gasteiger partial charge < -0.3 is 4.74 Å². The number of allylic oxidation sites excluding steroid dienone is 1. The van der Waals surface area contributed by atoms with E-state index < -0.39 is 11.4 Å². The number of ketones is 1. The van der Waals surface area contributed by atoms with Crippen molar-refractivity contribution < 1.29 is 14.3 Å². The van der Waals surface area contributed by atoms with Gasteiger partial charge in [0, 0.05) is 6.42 Å². The molecule has 0 aromatic rings. The third-order valence-corrected chi connectivity index (χ3v) is 2.61. The van der Waals surface area contributed by atoms with E-state index in [1.807, 2.05) is 0 Å². The maximum Gasteiger partial charge on any atom is 0.319 e. The first-order valence-electron chi connectivity index (χ1n) is 4.40. The Kier molecular flexibility index (Phi) is 2.86. The summed E-state index contributed by atoms with van der Waals surface area (Å²) in [6.45, 7) is 3.56. The number of ether oxygens (including phenoxy) is 1. The first-order chi connectivity index (χ1) is 6.17. The van der Waals surface area contributed by atoms with Crippen molar-refractivity contribution in [3.05, 3.63) is 12.7 Å². The van der Waals surface area contributed by atoms with Crippen LogP contribution < -0.4 is 0 Å². The summed E-state index contributed by atoms with van der Waals surface area (Å²) < 4.78 is 4.65. The molecule has 0 radical (unpaired) electrons. The molecule has 0 unspecified atom stereocenters. The molecule has 0 heterocycles. The van der Waals surface area contributed by atoms with Gasteiger partial charge in [0.05, 0.1) is 7.11 Å². The van der Waals surface area contributed by atoms with Crippen molar-refractivity contribution in [2.24, 2.45) is 5.41 Å². The van der Waals surface area contributed by atoms with Crippen LogP contribution in [0.2, 0.25) is 0 Å². The monoisotopic (exact) mass is 182 g/mol. The van der Waals surface area contributed by atoms with Crippen LogP contribution in [-0.4, -0.2) is 18.9 Å². The molecule has 0 aromatic carbocycles. The van der Waals surface area contributed by atoms with E-state index in [9.17, 15) is 9.59 Å². The minimum absolute atomic E-state index is 0.000694. The van der Waals surface area contributed by atoms with E-state index in [0.29, 0.717) is 19.3 Å². The smallest absolute Gasteiger partial charge is 0.319 e. The van der Waals surface area contributed by atoms with Crippen molar-refractivity contribution in [1.82, 2.24) is 0 Å². The van der Waals surface area contributed by atoms with E-state index in [1.54, 1.807) is 6.08 Å². The van der Waals surface area contributed by atoms with Crippen molar-refractivity contribution in [2.45, 2.75) is 25.7 Å². The third-order valence-electron chi connectivity index (χ3n) is 2.61. The molecule has 1 aliphatic rings. The molecular formula is C10H14O3. The van der Waals surface area contributed by atoms with Crippen LogP contribution in [0.4, 0.5) is 0 Å². The summed E-state index contributed by atoms with van der Waals surface area (Å²) in [5.74, 6) is -0.408. The minimum Gasteiger partial charge on any atom is -0.468 e. The number of rotatable bonds is 3. The van der Waals surface area contributed by atoms with Gasteiger partial charge in [0.2, 0.25) is 0 Å². The lowest BCUT2D eigenvalue weighted by Gasteiger charge is -2.22. The summed E-state index contributed by atoms with van der Waals surface area (Å²) in [7, 11) is 1.32. The van der Waals surface area contributed by atoms with Crippen molar-refractivity contribution in [1.29, 1.82) is 0 Å². The molecule has 0 spiro atoms. The van der Waals surface area contributed by atoms with Gasteiger partial charge in [0.1, 0.15) is 5.41 Å². The molecule has 3 heteroatoms. The quantitative estimate of drug-likeness (QED) is 0.377. The van der Waals surface area contributed by atoms with E-state index in [4.69, 9.17) is 0 Å². The molecule has 3 nitrogen and oxygen atoms in total. The predicted octanol–water partition coefficient (Wildman–Crippen LogP) is 1.47. The maximum atomic E-state index is 11.5. The standard InChI is InChI=1S/C10H14O3/c1-3-6-10(9(12)13-2)7-4-5-8(10)11/h3H,1,4-7H2,2H3/t10-/m0/s1. The Bertz CT molecular complexity index is 245. The van der Waals surface area contributed by atoms with E-state index in [-0.39, 0.29) is 5.78 Å². The average molecular weight is 182 g/mol. The van der Waals surface area contributed by atoms with Gasteiger partial charge in [0.15, 0.2) is 5.78 Å². The van der Waals surface area contributed by atoms with Gasteiger partial charge in [-0.25, -0.2) is 0 Å². The van der Waals surface area contributed by atoms with Crippen LogP contribution in [0.15, 0.2) is 12.7 Å². The average Bonchev–Trinajstić information content (AvgIpc) is 2.48. The van der Waals surface area contributed by atoms with Crippen molar-refractivity contribution in [3.63, 3.8) is 0 Å². The van der Waals surface area contributed by atoms with Gasteiger partial charge in [-0.2, -0.15) is 0 Å². The van der Waals surface area contributed by atoms with Crippen molar-refractivity contribution >= 4 is 11.8 Å². The van der Waals surface area contributed by atoms with E-state index in [0.717, 1.165) is 6.42 Å². The summed E-state index contributed by atoms with van der Waals surface area (Å²) in [5.41, 5.74) is -0.906. The third kappa shape index (κ3) is 1.50. The van der Waals surface area contributed by atoms with Crippen LogP contribution >= 0.6 is 0 Å². The summed E-state index contributed by atoms with van der Waals surface area (Å²) >= 11 is 0. The molecule has 1 atom stereocenters. The highest BCUT2D eigenvalue weighted by atomic mass is 16.5. The molecule has 0 aromatic heterocycles. The second kappa shape index (κ2) is 3.73. The largest absolute Gasteiger partial charge is 0.468 e. The molecule has 0 saturated heterocycles. The predicted molar refractivity (Wildman–Crippen MR) is 48.1 cm³/mol. The lowest BCUT2D eigenvalue weighted by molar-refractivity contribution is -0.156. The Hall–Kier alpha value is -1.12. The molecule has 1 aliphatic carbocycles. The van der Waals surface area contributed by atoms with Crippen LogP contribution in [-0.2, 0) is 14.3 Å². The van der Waals surface area contributed by atoms with Crippen LogP contribution in [0, 0.1) is 5.41 Å². The van der Waals surface area contributed by atoms with Crippen molar-refractivity contribution in [2.75, 3.05) is 7.11 Å². The normalized spacial score (nSPS) is 27.3. The number of esters is 1. The fraction of sp³-hybridized carbons (Fsp3) is 0.600. The second-order valence-corrected chi connectivity index (χ2v) is 3.34. The fourth-order valence-corrected chi connectivity index (χ4v) is 1.89. The van der Waals surface area contributed by atoms with E-state index >= 15 is 0 Å². The van der Waals surface area contributed by atoms with E-state index in [2.05, 4.69) is 11.3 Å². The first-order valence-corrected chi connectivity index (χ1v) is 4.40. The number of carbonyl (C=O) groups is 2. The topological polar surface area (TPSA) is 43.4 Å². The van der Waals surface area contributed by atoms with Gasteiger partial charge in [-0.3, -0.25) is 9.59 Å². The van der Waals surface area contributed by atoms with Gasteiger partial charge in [-0.15, -0.1) is 6.58 Å². The molecule has 0 bridgehead atoms. The molecule has 0 N–H and O–H groups in total. The highest BCUT2D eigenvalue weighted by Crippen LogP contribution is 2.39. The molecule has 72 valence electrons. The highest BCUT2D eigenvalue weighted by Gasteiger charge is 2.48. The molecule has 0 aliphatic heterocycles. The van der Waals surface area contributed by atoms with Crippen LogP contribution in [0.1, 0.15) is 25.7 Å². The Morgan fingerprint density at radius 2 is 2.46 bits per heavy atom. The number of hydrogen-bond donors (Lipinski definition) is 0. The van der Waals surface area contributed by atoms with Gasteiger partial charge in [-0.1, -0.05) is 6.08 Å². The molecule has 0 amide bonds. The first kappa shape index (κ1) is 9.96. The number of methoxy groups -OCH3 is 1. The van der Waals surface area contributed by atoms with Crippen LogP contribution in [0.5, 0.6) is 0 Å². The molecule has 13 heavy (non-hydrogen) atoms. The Balaban J connectivity index is 2.92. The number of carbonyl (C=O) groups excluding carboxylic acids is 2.